The lowest BCUT2D eigenvalue weighted by molar-refractivity contribution is 0.0951. The zero-order chi connectivity index (χ0) is 12.3. The standard InChI is InChI=1S/C13H16ClNO2/c1-17-7-6-9-2-5-12(14)11(8-9)13(16)15-10-3-4-10/h2,5,8,10H,3-4,6-7H2,1H3,(H,15,16). The zero-order valence-corrected chi connectivity index (χ0v) is 10.6. The molecule has 0 unspecified atom stereocenters. The van der Waals surface area contributed by atoms with Gasteiger partial charge in [-0.25, -0.2) is 0 Å². The Kier molecular flexibility index (Phi) is 4.02. The third-order valence-electron chi connectivity index (χ3n) is 2.78. The van der Waals surface area contributed by atoms with Crippen molar-refractivity contribution in [2.45, 2.75) is 25.3 Å². The fourth-order valence-corrected chi connectivity index (χ4v) is 1.82. The van der Waals surface area contributed by atoms with Crippen LogP contribution in [0.2, 0.25) is 5.02 Å². The van der Waals surface area contributed by atoms with Crippen LogP contribution in [0.25, 0.3) is 0 Å². The molecule has 17 heavy (non-hydrogen) atoms. The molecule has 1 aliphatic carbocycles. The Morgan fingerprint density at radius 3 is 2.94 bits per heavy atom. The lowest BCUT2D eigenvalue weighted by atomic mass is 10.1. The first-order valence-corrected chi connectivity index (χ1v) is 6.16. The van der Waals surface area contributed by atoms with Gasteiger partial charge in [-0.2, -0.15) is 0 Å². The Balaban J connectivity index is 2.09. The number of hydrogen-bond acceptors (Lipinski definition) is 2. The molecule has 0 saturated heterocycles. The van der Waals surface area contributed by atoms with E-state index in [-0.39, 0.29) is 5.91 Å². The molecule has 0 spiro atoms. The van der Waals surface area contributed by atoms with Crippen LogP contribution in [-0.2, 0) is 11.2 Å². The van der Waals surface area contributed by atoms with Crippen molar-refractivity contribution in [3.63, 3.8) is 0 Å². The molecule has 0 aromatic heterocycles. The van der Waals surface area contributed by atoms with Crippen molar-refractivity contribution in [1.29, 1.82) is 0 Å². The van der Waals surface area contributed by atoms with Crippen LogP contribution in [0.1, 0.15) is 28.8 Å². The van der Waals surface area contributed by atoms with E-state index in [0.29, 0.717) is 23.2 Å². The fraction of sp³-hybridized carbons (Fsp3) is 0.462. The van der Waals surface area contributed by atoms with Crippen molar-refractivity contribution in [1.82, 2.24) is 5.32 Å². The lowest BCUT2D eigenvalue weighted by Crippen LogP contribution is -2.25. The highest BCUT2D eigenvalue weighted by atomic mass is 35.5. The van der Waals surface area contributed by atoms with Gasteiger partial charge in [-0.15, -0.1) is 0 Å². The molecule has 92 valence electrons. The molecule has 1 aromatic rings. The van der Waals surface area contributed by atoms with Gasteiger partial charge in [-0.1, -0.05) is 17.7 Å². The number of benzene rings is 1. The van der Waals surface area contributed by atoms with Crippen LogP contribution in [-0.4, -0.2) is 25.7 Å². The van der Waals surface area contributed by atoms with Gasteiger partial charge in [0.1, 0.15) is 0 Å². The third kappa shape index (κ3) is 3.45. The quantitative estimate of drug-likeness (QED) is 0.875. The molecular weight excluding hydrogens is 238 g/mol. The van der Waals surface area contributed by atoms with Crippen molar-refractivity contribution in [2.75, 3.05) is 13.7 Å². The number of methoxy groups -OCH3 is 1. The highest BCUT2D eigenvalue weighted by molar-refractivity contribution is 6.33. The molecule has 0 heterocycles. The smallest absolute Gasteiger partial charge is 0.253 e. The largest absolute Gasteiger partial charge is 0.384 e. The summed E-state index contributed by atoms with van der Waals surface area (Å²) in [7, 11) is 1.66. The second-order valence-corrected chi connectivity index (χ2v) is 4.71. The normalized spacial score (nSPS) is 14.7. The number of hydrogen-bond donors (Lipinski definition) is 1. The van der Waals surface area contributed by atoms with Gasteiger partial charge < -0.3 is 10.1 Å². The number of rotatable bonds is 5. The Bertz CT molecular complexity index is 416. The van der Waals surface area contributed by atoms with Crippen LogP contribution >= 0.6 is 11.6 Å². The van der Waals surface area contributed by atoms with E-state index in [4.69, 9.17) is 16.3 Å². The molecule has 0 bridgehead atoms. The van der Waals surface area contributed by atoms with Crippen LogP contribution < -0.4 is 5.32 Å². The van der Waals surface area contributed by atoms with Gasteiger partial charge in [-0.05, 0) is 37.0 Å². The van der Waals surface area contributed by atoms with E-state index in [9.17, 15) is 4.79 Å². The molecule has 3 nitrogen and oxygen atoms in total. The SMILES string of the molecule is COCCc1ccc(Cl)c(C(=O)NC2CC2)c1. The van der Waals surface area contributed by atoms with Crippen molar-refractivity contribution in [3.05, 3.63) is 34.3 Å². The second-order valence-electron chi connectivity index (χ2n) is 4.30. The molecule has 0 aliphatic heterocycles. The van der Waals surface area contributed by atoms with Crippen molar-refractivity contribution >= 4 is 17.5 Å². The Morgan fingerprint density at radius 2 is 2.29 bits per heavy atom. The van der Waals surface area contributed by atoms with Gasteiger partial charge in [0.2, 0.25) is 0 Å². The summed E-state index contributed by atoms with van der Waals surface area (Å²) in [6.45, 7) is 0.644. The minimum atomic E-state index is -0.0724. The number of nitrogens with one attached hydrogen (secondary N) is 1. The van der Waals surface area contributed by atoms with Crippen molar-refractivity contribution in [3.8, 4) is 0 Å². The third-order valence-corrected chi connectivity index (χ3v) is 3.11. The molecule has 0 atom stereocenters. The molecule has 0 radical (unpaired) electrons. The van der Waals surface area contributed by atoms with Gasteiger partial charge in [0.15, 0.2) is 0 Å². The highest BCUT2D eigenvalue weighted by Crippen LogP contribution is 2.22. The first kappa shape index (κ1) is 12.4. The van der Waals surface area contributed by atoms with Crippen LogP contribution in [0.15, 0.2) is 18.2 Å². The van der Waals surface area contributed by atoms with Gasteiger partial charge in [-0.3, -0.25) is 4.79 Å². The predicted octanol–water partition coefficient (Wildman–Crippen LogP) is 2.42. The summed E-state index contributed by atoms with van der Waals surface area (Å²) in [6.07, 6.45) is 2.94. The summed E-state index contributed by atoms with van der Waals surface area (Å²) in [6, 6.07) is 5.89. The number of ether oxygens (including phenoxy) is 1. The monoisotopic (exact) mass is 253 g/mol. The second kappa shape index (κ2) is 5.52. The summed E-state index contributed by atoms with van der Waals surface area (Å²) in [5.41, 5.74) is 1.63. The van der Waals surface area contributed by atoms with Gasteiger partial charge in [0.25, 0.3) is 5.91 Å². The van der Waals surface area contributed by atoms with E-state index in [2.05, 4.69) is 5.32 Å². The van der Waals surface area contributed by atoms with E-state index in [1.54, 1.807) is 13.2 Å². The Morgan fingerprint density at radius 1 is 1.53 bits per heavy atom. The van der Waals surface area contributed by atoms with Crippen molar-refractivity contribution < 1.29 is 9.53 Å². The lowest BCUT2D eigenvalue weighted by Gasteiger charge is -2.08. The zero-order valence-electron chi connectivity index (χ0n) is 9.83. The van der Waals surface area contributed by atoms with Gasteiger partial charge in [0, 0.05) is 13.2 Å². The maximum absolute atomic E-state index is 11.9. The summed E-state index contributed by atoms with van der Waals surface area (Å²) in [5, 5.41) is 3.44. The highest BCUT2D eigenvalue weighted by Gasteiger charge is 2.24. The minimum absolute atomic E-state index is 0.0724. The van der Waals surface area contributed by atoms with Crippen molar-refractivity contribution in [2.24, 2.45) is 0 Å². The maximum atomic E-state index is 11.9. The van der Waals surface area contributed by atoms with Crippen LogP contribution in [0.3, 0.4) is 0 Å². The molecule has 1 saturated carbocycles. The topological polar surface area (TPSA) is 38.3 Å². The summed E-state index contributed by atoms with van der Waals surface area (Å²) < 4.78 is 5.02. The number of carbonyl (C=O) groups is 1. The van der Waals surface area contributed by atoms with E-state index >= 15 is 0 Å². The van der Waals surface area contributed by atoms with Crippen LogP contribution in [0.5, 0.6) is 0 Å². The first-order valence-electron chi connectivity index (χ1n) is 5.79. The molecule has 1 aromatic carbocycles. The van der Waals surface area contributed by atoms with E-state index in [0.717, 1.165) is 24.8 Å². The van der Waals surface area contributed by atoms with Gasteiger partial charge >= 0.3 is 0 Å². The number of carbonyl (C=O) groups excluding carboxylic acids is 1. The predicted molar refractivity (Wildman–Crippen MR) is 67.5 cm³/mol. The summed E-state index contributed by atoms with van der Waals surface area (Å²) in [4.78, 5) is 11.9. The number of halogens is 1. The molecule has 1 aliphatic rings. The Hall–Kier alpha value is -1.06. The average molecular weight is 254 g/mol. The Labute approximate surface area is 106 Å². The summed E-state index contributed by atoms with van der Waals surface area (Å²) in [5.74, 6) is -0.0724. The molecular formula is C13H16ClNO2. The van der Waals surface area contributed by atoms with Crippen LogP contribution in [0, 0.1) is 0 Å². The summed E-state index contributed by atoms with van der Waals surface area (Å²) >= 11 is 6.04. The maximum Gasteiger partial charge on any atom is 0.253 e. The molecule has 1 N–H and O–H groups in total. The molecule has 1 fully saturated rings. The number of amides is 1. The minimum Gasteiger partial charge on any atom is -0.384 e. The van der Waals surface area contributed by atoms with E-state index in [1.807, 2.05) is 12.1 Å². The molecule has 1 amide bonds. The van der Waals surface area contributed by atoms with E-state index in [1.165, 1.54) is 0 Å². The van der Waals surface area contributed by atoms with E-state index < -0.39 is 0 Å². The van der Waals surface area contributed by atoms with Crippen LogP contribution in [0.4, 0.5) is 0 Å². The average Bonchev–Trinajstić information content (AvgIpc) is 3.11. The molecule has 2 rings (SSSR count). The first-order chi connectivity index (χ1) is 8.20. The van der Waals surface area contributed by atoms with Gasteiger partial charge in [0.05, 0.1) is 17.2 Å². The molecule has 4 heteroatoms. The fourth-order valence-electron chi connectivity index (χ4n) is 1.61.